The maximum absolute atomic E-state index is 5.46. The molecule has 0 amide bonds. The summed E-state index contributed by atoms with van der Waals surface area (Å²) >= 11 is 1.78. The summed E-state index contributed by atoms with van der Waals surface area (Å²) in [5, 5.41) is 4.68. The molecule has 128 valence electrons. The Bertz CT molecular complexity index is 526. The summed E-state index contributed by atoms with van der Waals surface area (Å²) in [7, 11) is 1.87. The molecule has 1 unspecified atom stereocenters. The molecule has 7 heteroatoms. The minimum absolute atomic E-state index is 0.638. The van der Waals surface area contributed by atoms with E-state index < -0.39 is 0 Å². The second-order valence-corrected chi connectivity index (χ2v) is 7.44. The first-order valence-corrected chi connectivity index (χ1v) is 9.26. The predicted octanol–water partition coefficient (Wildman–Crippen LogP) is 0.976. The quantitative estimate of drug-likeness (QED) is 0.656. The summed E-state index contributed by atoms with van der Waals surface area (Å²) in [6.07, 6.45) is 4.12. The van der Waals surface area contributed by atoms with E-state index in [0.717, 1.165) is 58.3 Å². The number of aryl methyl sites for hydroxylation is 1. The van der Waals surface area contributed by atoms with Crippen molar-refractivity contribution in [2.24, 2.45) is 4.99 Å². The van der Waals surface area contributed by atoms with Crippen LogP contribution in [0.5, 0.6) is 0 Å². The van der Waals surface area contributed by atoms with Gasteiger partial charge in [0, 0.05) is 63.3 Å². The van der Waals surface area contributed by atoms with Crippen molar-refractivity contribution in [3.8, 4) is 0 Å². The molecule has 0 saturated carbocycles. The van der Waals surface area contributed by atoms with E-state index in [1.165, 1.54) is 16.3 Å². The van der Waals surface area contributed by atoms with E-state index in [1.807, 2.05) is 13.2 Å². The molecular weight excluding hydrogens is 310 g/mol. The van der Waals surface area contributed by atoms with Gasteiger partial charge in [-0.2, -0.15) is 0 Å². The maximum Gasteiger partial charge on any atom is 0.193 e. The molecule has 2 aliphatic rings. The SMILES string of the molecule is CN=C(NCCc1ncc(C)s1)N1CCC(N2CCOCC2)C1. The summed E-state index contributed by atoms with van der Waals surface area (Å²) in [6.45, 7) is 9.01. The summed E-state index contributed by atoms with van der Waals surface area (Å²) < 4.78 is 5.46. The van der Waals surface area contributed by atoms with Crippen molar-refractivity contribution in [3.05, 3.63) is 16.1 Å². The molecule has 3 heterocycles. The summed E-state index contributed by atoms with van der Waals surface area (Å²) in [5.74, 6) is 1.02. The third kappa shape index (κ3) is 4.43. The van der Waals surface area contributed by atoms with Crippen LogP contribution in [0.4, 0.5) is 0 Å². The van der Waals surface area contributed by atoms with Gasteiger partial charge in [0.15, 0.2) is 5.96 Å². The second kappa shape index (κ2) is 8.08. The van der Waals surface area contributed by atoms with Crippen molar-refractivity contribution in [2.75, 3.05) is 53.0 Å². The third-order valence-electron chi connectivity index (χ3n) is 4.53. The fraction of sp³-hybridized carbons (Fsp3) is 0.750. The Morgan fingerprint density at radius 2 is 2.26 bits per heavy atom. The van der Waals surface area contributed by atoms with Gasteiger partial charge in [0.1, 0.15) is 0 Å². The monoisotopic (exact) mass is 337 g/mol. The molecule has 1 aromatic rings. The summed E-state index contributed by atoms with van der Waals surface area (Å²) in [6, 6.07) is 0.638. The van der Waals surface area contributed by atoms with Crippen LogP contribution in [-0.2, 0) is 11.2 Å². The van der Waals surface area contributed by atoms with Crippen LogP contribution in [0.1, 0.15) is 16.3 Å². The van der Waals surface area contributed by atoms with Gasteiger partial charge in [0.25, 0.3) is 0 Å². The number of nitrogens with zero attached hydrogens (tertiary/aromatic N) is 4. The Balaban J connectivity index is 1.45. The van der Waals surface area contributed by atoms with Crippen molar-refractivity contribution in [1.29, 1.82) is 0 Å². The number of hydrogen-bond acceptors (Lipinski definition) is 5. The highest BCUT2D eigenvalue weighted by Gasteiger charge is 2.30. The molecule has 0 radical (unpaired) electrons. The van der Waals surface area contributed by atoms with Gasteiger partial charge in [0.2, 0.25) is 0 Å². The lowest BCUT2D eigenvalue weighted by atomic mass is 10.2. The van der Waals surface area contributed by atoms with Crippen LogP contribution in [0.2, 0.25) is 0 Å². The Morgan fingerprint density at radius 1 is 1.43 bits per heavy atom. The number of nitrogens with one attached hydrogen (secondary N) is 1. The standard InChI is InChI=1S/C16H27N5OS/c1-13-11-19-15(23-13)3-5-18-16(17-2)21-6-4-14(12-21)20-7-9-22-10-8-20/h11,14H,3-10,12H2,1-2H3,(H,17,18). The van der Waals surface area contributed by atoms with Crippen molar-refractivity contribution in [1.82, 2.24) is 20.1 Å². The predicted molar refractivity (Wildman–Crippen MR) is 94.3 cm³/mol. The molecular formula is C16H27N5OS. The van der Waals surface area contributed by atoms with E-state index in [9.17, 15) is 0 Å². The number of morpholine rings is 1. The van der Waals surface area contributed by atoms with Crippen LogP contribution < -0.4 is 5.32 Å². The number of guanidine groups is 1. The summed E-state index contributed by atoms with van der Waals surface area (Å²) in [4.78, 5) is 15.1. The molecule has 0 aromatic carbocycles. The van der Waals surface area contributed by atoms with Crippen LogP contribution in [0.15, 0.2) is 11.2 Å². The maximum atomic E-state index is 5.46. The van der Waals surface area contributed by atoms with Gasteiger partial charge in [-0.15, -0.1) is 11.3 Å². The number of hydrogen-bond donors (Lipinski definition) is 1. The lowest BCUT2D eigenvalue weighted by Gasteiger charge is -2.32. The zero-order valence-electron chi connectivity index (χ0n) is 14.1. The van der Waals surface area contributed by atoms with Gasteiger partial charge in [0.05, 0.1) is 18.2 Å². The molecule has 3 rings (SSSR count). The van der Waals surface area contributed by atoms with E-state index in [-0.39, 0.29) is 0 Å². The minimum atomic E-state index is 0.638. The number of aromatic nitrogens is 1. The fourth-order valence-corrected chi connectivity index (χ4v) is 4.09. The minimum Gasteiger partial charge on any atom is -0.379 e. The van der Waals surface area contributed by atoms with Gasteiger partial charge in [-0.3, -0.25) is 9.89 Å². The fourth-order valence-electron chi connectivity index (χ4n) is 3.31. The highest BCUT2D eigenvalue weighted by atomic mass is 32.1. The Kier molecular flexibility index (Phi) is 5.85. The normalized spacial score (nSPS) is 23.5. The first kappa shape index (κ1) is 16.7. The van der Waals surface area contributed by atoms with Crippen molar-refractivity contribution in [3.63, 3.8) is 0 Å². The largest absolute Gasteiger partial charge is 0.379 e. The number of rotatable bonds is 4. The van der Waals surface area contributed by atoms with Crippen molar-refractivity contribution < 1.29 is 4.74 Å². The van der Waals surface area contributed by atoms with Crippen LogP contribution in [-0.4, -0.2) is 79.8 Å². The lowest BCUT2D eigenvalue weighted by molar-refractivity contribution is 0.0195. The molecule has 0 aliphatic carbocycles. The van der Waals surface area contributed by atoms with Crippen molar-refractivity contribution in [2.45, 2.75) is 25.8 Å². The van der Waals surface area contributed by atoms with Gasteiger partial charge >= 0.3 is 0 Å². The molecule has 1 N–H and O–H groups in total. The zero-order valence-corrected chi connectivity index (χ0v) is 14.9. The molecule has 2 fully saturated rings. The molecule has 0 spiro atoms. The van der Waals surface area contributed by atoms with Crippen LogP contribution >= 0.6 is 11.3 Å². The third-order valence-corrected chi connectivity index (χ3v) is 5.50. The van der Waals surface area contributed by atoms with Gasteiger partial charge in [-0.1, -0.05) is 0 Å². The molecule has 1 atom stereocenters. The number of ether oxygens (including phenoxy) is 1. The molecule has 0 bridgehead atoms. The van der Waals surface area contributed by atoms with E-state index in [2.05, 4.69) is 32.0 Å². The zero-order chi connectivity index (χ0) is 16.1. The van der Waals surface area contributed by atoms with Crippen LogP contribution in [0.3, 0.4) is 0 Å². The lowest BCUT2D eigenvalue weighted by Crippen LogP contribution is -2.46. The van der Waals surface area contributed by atoms with Gasteiger partial charge in [-0.25, -0.2) is 4.98 Å². The van der Waals surface area contributed by atoms with E-state index >= 15 is 0 Å². The smallest absolute Gasteiger partial charge is 0.193 e. The van der Waals surface area contributed by atoms with Gasteiger partial charge in [-0.05, 0) is 13.3 Å². The average molecular weight is 337 g/mol. The first-order chi connectivity index (χ1) is 11.3. The van der Waals surface area contributed by atoms with Crippen LogP contribution in [0.25, 0.3) is 0 Å². The van der Waals surface area contributed by atoms with Crippen molar-refractivity contribution >= 4 is 17.3 Å². The Hall–Kier alpha value is -1.18. The van der Waals surface area contributed by atoms with E-state index in [4.69, 9.17) is 4.74 Å². The van der Waals surface area contributed by atoms with E-state index in [1.54, 1.807) is 11.3 Å². The second-order valence-electron chi connectivity index (χ2n) is 6.13. The topological polar surface area (TPSA) is 53.0 Å². The van der Waals surface area contributed by atoms with Crippen LogP contribution in [0, 0.1) is 6.92 Å². The number of likely N-dealkylation sites (tertiary alicyclic amines) is 1. The van der Waals surface area contributed by atoms with Gasteiger partial charge < -0.3 is 15.0 Å². The Labute approximate surface area is 142 Å². The summed E-state index contributed by atoms with van der Waals surface area (Å²) in [5.41, 5.74) is 0. The highest BCUT2D eigenvalue weighted by molar-refractivity contribution is 7.11. The molecule has 2 saturated heterocycles. The molecule has 6 nitrogen and oxygen atoms in total. The number of aliphatic imine (C=N–C) groups is 1. The first-order valence-electron chi connectivity index (χ1n) is 8.45. The molecule has 1 aromatic heterocycles. The Morgan fingerprint density at radius 3 is 2.96 bits per heavy atom. The average Bonchev–Trinajstić information content (AvgIpc) is 3.22. The number of thiazole rings is 1. The van der Waals surface area contributed by atoms with E-state index in [0.29, 0.717) is 6.04 Å². The molecule has 23 heavy (non-hydrogen) atoms. The highest BCUT2D eigenvalue weighted by Crippen LogP contribution is 2.17. The molecule has 2 aliphatic heterocycles.